The highest BCUT2D eigenvalue weighted by Gasteiger charge is 2.09. The van der Waals surface area contributed by atoms with Crippen LogP contribution in [0.25, 0.3) is 0 Å². The van der Waals surface area contributed by atoms with Gasteiger partial charge in [-0.25, -0.2) is 4.39 Å². The summed E-state index contributed by atoms with van der Waals surface area (Å²) in [5.74, 6) is 0.846. The van der Waals surface area contributed by atoms with Crippen LogP contribution < -0.4 is 4.74 Å². The maximum atomic E-state index is 13.5. The maximum Gasteiger partial charge on any atom is 0.178 e. The van der Waals surface area contributed by atoms with E-state index in [0.29, 0.717) is 4.90 Å². The molecule has 1 rings (SSSR count). The number of hydrogen-bond donors (Lipinski definition) is 0. The number of rotatable bonds is 3. The molecule has 0 N–H and O–H groups in total. The van der Waals surface area contributed by atoms with Crippen LogP contribution in [0.4, 0.5) is 4.39 Å². The molecule has 0 saturated carbocycles. The van der Waals surface area contributed by atoms with Gasteiger partial charge in [0.1, 0.15) is 0 Å². The summed E-state index contributed by atoms with van der Waals surface area (Å²) in [5.41, 5.74) is 0. The standard InChI is InChI=1S/C9H10BrFOS/c1-3-13-8-5-6(10)4-7(12-2)9(8)11/h4-5H,3H2,1-2H3. The molecule has 0 aromatic heterocycles. The molecule has 4 heteroatoms. The lowest BCUT2D eigenvalue weighted by Crippen LogP contribution is -1.90. The summed E-state index contributed by atoms with van der Waals surface area (Å²) in [6.45, 7) is 1.98. The highest BCUT2D eigenvalue weighted by atomic mass is 79.9. The second-order valence-corrected chi connectivity index (χ2v) is 4.57. The first-order valence-electron chi connectivity index (χ1n) is 3.84. The molecule has 72 valence electrons. The van der Waals surface area contributed by atoms with Crippen LogP contribution in [0.2, 0.25) is 0 Å². The van der Waals surface area contributed by atoms with E-state index < -0.39 is 0 Å². The molecule has 1 aromatic rings. The van der Waals surface area contributed by atoms with Crippen LogP contribution in [0.3, 0.4) is 0 Å². The van der Waals surface area contributed by atoms with E-state index in [1.807, 2.05) is 6.92 Å². The van der Waals surface area contributed by atoms with E-state index in [4.69, 9.17) is 4.74 Å². The normalized spacial score (nSPS) is 10.2. The Morgan fingerprint density at radius 3 is 2.77 bits per heavy atom. The van der Waals surface area contributed by atoms with Gasteiger partial charge in [0.2, 0.25) is 0 Å². The van der Waals surface area contributed by atoms with Gasteiger partial charge in [-0.15, -0.1) is 11.8 Å². The third-order valence-electron chi connectivity index (χ3n) is 1.49. The minimum absolute atomic E-state index is 0.280. The summed E-state index contributed by atoms with van der Waals surface area (Å²) in [6.07, 6.45) is 0. The Hall–Kier alpha value is -0.220. The van der Waals surface area contributed by atoms with Gasteiger partial charge >= 0.3 is 0 Å². The van der Waals surface area contributed by atoms with Crippen molar-refractivity contribution in [1.82, 2.24) is 0 Å². The quantitative estimate of drug-likeness (QED) is 0.770. The molecule has 1 aromatic carbocycles. The van der Waals surface area contributed by atoms with Crippen molar-refractivity contribution in [1.29, 1.82) is 0 Å². The molecular formula is C9H10BrFOS. The largest absolute Gasteiger partial charge is 0.494 e. The molecule has 0 bridgehead atoms. The Balaban J connectivity index is 3.11. The summed E-state index contributed by atoms with van der Waals surface area (Å²) in [4.78, 5) is 0.619. The second kappa shape index (κ2) is 4.86. The molecule has 0 unspecified atom stereocenters. The van der Waals surface area contributed by atoms with Crippen LogP contribution in [-0.4, -0.2) is 12.9 Å². The van der Waals surface area contributed by atoms with Crippen molar-refractivity contribution in [3.05, 3.63) is 22.4 Å². The van der Waals surface area contributed by atoms with Crippen molar-refractivity contribution in [3.8, 4) is 5.75 Å². The molecule has 0 spiro atoms. The lowest BCUT2D eigenvalue weighted by molar-refractivity contribution is 0.381. The van der Waals surface area contributed by atoms with Gasteiger partial charge in [-0.05, 0) is 17.9 Å². The third-order valence-corrected chi connectivity index (χ3v) is 2.84. The van der Waals surface area contributed by atoms with Gasteiger partial charge in [-0.1, -0.05) is 22.9 Å². The van der Waals surface area contributed by atoms with E-state index >= 15 is 0 Å². The van der Waals surface area contributed by atoms with Gasteiger partial charge in [0.05, 0.1) is 7.11 Å². The Bertz CT molecular complexity index is 304. The summed E-state index contributed by atoms with van der Waals surface area (Å²) in [6, 6.07) is 3.38. The number of hydrogen-bond acceptors (Lipinski definition) is 2. The van der Waals surface area contributed by atoms with Gasteiger partial charge in [-0.2, -0.15) is 0 Å². The van der Waals surface area contributed by atoms with E-state index in [1.54, 1.807) is 12.1 Å². The zero-order valence-corrected chi connectivity index (χ0v) is 9.84. The lowest BCUT2D eigenvalue weighted by atomic mass is 10.3. The topological polar surface area (TPSA) is 9.23 Å². The number of ether oxygens (including phenoxy) is 1. The summed E-state index contributed by atoms with van der Waals surface area (Å²) in [5, 5.41) is 0. The summed E-state index contributed by atoms with van der Waals surface area (Å²) >= 11 is 4.76. The molecule has 0 radical (unpaired) electrons. The van der Waals surface area contributed by atoms with E-state index in [2.05, 4.69) is 15.9 Å². The molecular weight excluding hydrogens is 255 g/mol. The summed E-state index contributed by atoms with van der Waals surface area (Å²) in [7, 11) is 1.46. The fourth-order valence-corrected chi connectivity index (χ4v) is 2.29. The lowest BCUT2D eigenvalue weighted by Gasteiger charge is -2.06. The first kappa shape index (κ1) is 10.9. The van der Waals surface area contributed by atoms with Crippen LogP contribution in [0.15, 0.2) is 21.5 Å². The van der Waals surface area contributed by atoms with Gasteiger partial charge in [0.15, 0.2) is 11.6 Å². The van der Waals surface area contributed by atoms with E-state index in [9.17, 15) is 4.39 Å². The smallest absolute Gasteiger partial charge is 0.178 e. The van der Waals surface area contributed by atoms with Crippen molar-refractivity contribution in [2.24, 2.45) is 0 Å². The Morgan fingerprint density at radius 1 is 1.54 bits per heavy atom. The highest BCUT2D eigenvalue weighted by molar-refractivity contribution is 9.10. The molecule has 0 aliphatic heterocycles. The van der Waals surface area contributed by atoms with Crippen LogP contribution in [-0.2, 0) is 0 Å². The molecule has 0 heterocycles. The van der Waals surface area contributed by atoms with Crippen LogP contribution in [0.5, 0.6) is 5.75 Å². The minimum Gasteiger partial charge on any atom is -0.494 e. The van der Waals surface area contributed by atoms with Crippen molar-refractivity contribution < 1.29 is 9.13 Å². The molecule has 1 nitrogen and oxygen atoms in total. The van der Waals surface area contributed by atoms with E-state index in [-0.39, 0.29) is 11.6 Å². The SMILES string of the molecule is CCSc1cc(Br)cc(OC)c1F. The van der Waals surface area contributed by atoms with Gasteiger partial charge < -0.3 is 4.74 Å². The third kappa shape index (κ3) is 2.61. The number of benzene rings is 1. The average Bonchev–Trinajstić information content (AvgIpc) is 2.11. The first-order valence-corrected chi connectivity index (χ1v) is 5.62. The molecule has 0 fully saturated rings. The molecule has 0 amide bonds. The predicted molar refractivity (Wildman–Crippen MR) is 57.1 cm³/mol. The Labute approximate surface area is 89.8 Å². The maximum absolute atomic E-state index is 13.5. The van der Waals surface area contributed by atoms with Crippen LogP contribution in [0, 0.1) is 5.82 Å². The van der Waals surface area contributed by atoms with E-state index in [1.165, 1.54) is 18.9 Å². The van der Waals surface area contributed by atoms with Crippen molar-refractivity contribution >= 4 is 27.7 Å². The number of methoxy groups -OCH3 is 1. The average molecular weight is 265 g/mol. The van der Waals surface area contributed by atoms with Gasteiger partial charge in [0.25, 0.3) is 0 Å². The van der Waals surface area contributed by atoms with Crippen LogP contribution >= 0.6 is 27.7 Å². The fraction of sp³-hybridized carbons (Fsp3) is 0.333. The Morgan fingerprint density at radius 2 is 2.23 bits per heavy atom. The minimum atomic E-state index is -0.280. The number of halogens is 2. The van der Waals surface area contributed by atoms with Gasteiger partial charge in [-0.3, -0.25) is 0 Å². The van der Waals surface area contributed by atoms with Crippen molar-refractivity contribution in [2.75, 3.05) is 12.9 Å². The van der Waals surface area contributed by atoms with E-state index in [0.717, 1.165) is 10.2 Å². The zero-order valence-electron chi connectivity index (χ0n) is 7.43. The number of thioether (sulfide) groups is 1. The first-order chi connectivity index (χ1) is 6.19. The molecule has 13 heavy (non-hydrogen) atoms. The molecule has 0 aliphatic rings. The fourth-order valence-electron chi connectivity index (χ4n) is 0.949. The monoisotopic (exact) mass is 264 g/mol. The van der Waals surface area contributed by atoms with Crippen molar-refractivity contribution in [2.45, 2.75) is 11.8 Å². The van der Waals surface area contributed by atoms with Crippen LogP contribution in [0.1, 0.15) is 6.92 Å². The van der Waals surface area contributed by atoms with Crippen molar-refractivity contribution in [3.63, 3.8) is 0 Å². The highest BCUT2D eigenvalue weighted by Crippen LogP contribution is 2.32. The summed E-state index contributed by atoms with van der Waals surface area (Å²) < 4.78 is 19.2. The Kier molecular flexibility index (Phi) is 4.06. The second-order valence-electron chi connectivity index (χ2n) is 2.35. The predicted octanol–water partition coefficient (Wildman–Crippen LogP) is 3.71. The molecule has 0 aliphatic carbocycles. The zero-order chi connectivity index (χ0) is 9.84. The molecule has 0 saturated heterocycles. The molecule has 0 atom stereocenters. The van der Waals surface area contributed by atoms with Gasteiger partial charge in [0, 0.05) is 9.37 Å².